The van der Waals surface area contributed by atoms with Gasteiger partial charge in [-0.15, -0.1) is 0 Å². The maximum atomic E-state index is 11.8. The van der Waals surface area contributed by atoms with Crippen molar-refractivity contribution in [2.24, 2.45) is 5.92 Å². The van der Waals surface area contributed by atoms with Gasteiger partial charge in [0.25, 0.3) is 0 Å². The lowest BCUT2D eigenvalue weighted by Crippen LogP contribution is -2.40. The largest absolute Gasteiger partial charge is 0.444 e. The summed E-state index contributed by atoms with van der Waals surface area (Å²) in [6.07, 6.45) is 6.93. The lowest BCUT2D eigenvalue weighted by Gasteiger charge is -2.22. The fraction of sp³-hybridized carbons (Fsp3) is 0.938. The molecule has 4 nitrogen and oxygen atoms in total. The second-order valence-electron chi connectivity index (χ2n) is 7.63. The molecule has 2 N–H and O–H groups in total. The zero-order valence-corrected chi connectivity index (χ0v) is 13.4. The van der Waals surface area contributed by atoms with Gasteiger partial charge < -0.3 is 15.4 Å². The van der Waals surface area contributed by atoms with E-state index in [0.29, 0.717) is 12.1 Å². The summed E-state index contributed by atoms with van der Waals surface area (Å²) in [5.74, 6) is 0.865. The summed E-state index contributed by atoms with van der Waals surface area (Å²) in [4.78, 5) is 11.8. The van der Waals surface area contributed by atoms with Gasteiger partial charge in [-0.2, -0.15) is 0 Å². The number of rotatable bonds is 3. The molecule has 2 saturated carbocycles. The van der Waals surface area contributed by atoms with Crippen LogP contribution in [0.5, 0.6) is 0 Å². The van der Waals surface area contributed by atoms with E-state index in [0.717, 1.165) is 25.2 Å². The van der Waals surface area contributed by atoms with Crippen LogP contribution in [0.1, 0.15) is 66.2 Å². The van der Waals surface area contributed by atoms with Crippen molar-refractivity contribution in [1.82, 2.24) is 10.6 Å². The summed E-state index contributed by atoms with van der Waals surface area (Å²) in [6.45, 7) is 8.02. The molecule has 2 fully saturated rings. The lowest BCUT2D eigenvalue weighted by molar-refractivity contribution is 0.0505. The standard InChI is InChI=1S/C16H30N2O2/c1-11-5-6-12(9-11)17-13-7-8-14(10-13)18-15(19)20-16(2,3)4/h11-14,17H,5-10H2,1-4H3,(H,18,19). The summed E-state index contributed by atoms with van der Waals surface area (Å²) in [5, 5.41) is 6.77. The third kappa shape index (κ3) is 4.97. The number of nitrogens with one attached hydrogen (secondary N) is 2. The molecule has 4 heteroatoms. The third-order valence-corrected chi connectivity index (χ3v) is 4.32. The summed E-state index contributed by atoms with van der Waals surface area (Å²) in [6, 6.07) is 1.52. The molecule has 2 rings (SSSR count). The Balaban J connectivity index is 1.68. The minimum Gasteiger partial charge on any atom is -0.444 e. The molecule has 2 aliphatic carbocycles. The van der Waals surface area contributed by atoms with Gasteiger partial charge in [0, 0.05) is 18.1 Å². The molecule has 4 atom stereocenters. The summed E-state index contributed by atoms with van der Waals surface area (Å²) < 4.78 is 5.31. The Morgan fingerprint density at radius 1 is 1.00 bits per heavy atom. The number of ether oxygens (including phenoxy) is 1. The van der Waals surface area contributed by atoms with Crippen LogP contribution in [0, 0.1) is 5.92 Å². The Labute approximate surface area is 123 Å². The zero-order chi connectivity index (χ0) is 14.8. The molecule has 0 aromatic rings. The van der Waals surface area contributed by atoms with Gasteiger partial charge in [-0.25, -0.2) is 4.79 Å². The highest BCUT2D eigenvalue weighted by atomic mass is 16.6. The Bertz CT molecular complexity index is 338. The minimum absolute atomic E-state index is 0.265. The Hall–Kier alpha value is -0.770. The molecular weight excluding hydrogens is 252 g/mol. The highest BCUT2D eigenvalue weighted by Gasteiger charge is 2.30. The number of hydrogen-bond donors (Lipinski definition) is 2. The van der Waals surface area contributed by atoms with Gasteiger partial charge in [-0.1, -0.05) is 6.92 Å². The van der Waals surface area contributed by atoms with Gasteiger partial charge in [0.05, 0.1) is 0 Å². The van der Waals surface area contributed by atoms with Crippen molar-refractivity contribution in [2.45, 2.75) is 89.9 Å². The second-order valence-corrected chi connectivity index (χ2v) is 7.63. The molecule has 2 aliphatic rings. The van der Waals surface area contributed by atoms with Gasteiger partial charge in [0.15, 0.2) is 0 Å². The molecule has 0 aromatic heterocycles. The fourth-order valence-corrected chi connectivity index (χ4v) is 3.43. The molecule has 0 spiro atoms. The molecule has 0 aromatic carbocycles. The monoisotopic (exact) mass is 282 g/mol. The number of hydrogen-bond acceptors (Lipinski definition) is 3. The van der Waals surface area contributed by atoms with E-state index in [4.69, 9.17) is 4.74 Å². The summed E-state index contributed by atoms with van der Waals surface area (Å²) in [5.41, 5.74) is -0.416. The first-order chi connectivity index (χ1) is 9.32. The van der Waals surface area contributed by atoms with Crippen LogP contribution in [0.25, 0.3) is 0 Å². The minimum atomic E-state index is -0.416. The van der Waals surface area contributed by atoms with Crippen molar-refractivity contribution in [3.63, 3.8) is 0 Å². The van der Waals surface area contributed by atoms with Gasteiger partial charge >= 0.3 is 6.09 Å². The van der Waals surface area contributed by atoms with E-state index in [9.17, 15) is 4.79 Å². The molecule has 0 bridgehead atoms. The van der Waals surface area contributed by atoms with Crippen molar-refractivity contribution in [3.8, 4) is 0 Å². The van der Waals surface area contributed by atoms with Gasteiger partial charge in [0.2, 0.25) is 0 Å². The maximum Gasteiger partial charge on any atom is 0.407 e. The van der Waals surface area contributed by atoms with E-state index in [1.807, 2.05) is 20.8 Å². The van der Waals surface area contributed by atoms with Gasteiger partial charge in [-0.3, -0.25) is 0 Å². The average molecular weight is 282 g/mol. The zero-order valence-electron chi connectivity index (χ0n) is 13.4. The van der Waals surface area contributed by atoms with Crippen LogP contribution in [0.4, 0.5) is 4.79 Å². The van der Waals surface area contributed by atoms with E-state index < -0.39 is 5.60 Å². The van der Waals surface area contributed by atoms with E-state index in [2.05, 4.69) is 17.6 Å². The third-order valence-electron chi connectivity index (χ3n) is 4.32. The smallest absolute Gasteiger partial charge is 0.407 e. The molecule has 0 heterocycles. The van der Waals surface area contributed by atoms with Crippen molar-refractivity contribution in [3.05, 3.63) is 0 Å². The summed E-state index contributed by atoms with van der Waals surface area (Å²) >= 11 is 0. The maximum absolute atomic E-state index is 11.8. The van der Waals surface area contributed by atoms with Crippen molar-refractivity contribution in [2.75, 3.05) is 0 Å². The van der Waals surface area contributed by atoms with Crippen LogP contribution in [0.2, 0.25) is 0 Å². The van der Waals surface area contributed by atoms with Crippen LogP contribution in [-0.4, -0.2) is 29.8 Å². The second kappa shape index (κ2) is 6.33. The number of carbonyl (C=O) groups is 1. The van der Waals surface area contributed by atoms with E-state index in [1.54, 1.807) is 0 Å². The van der Waals surface area contributed by atoms with Gasteiger partial charge in [-0.05, 0) is 65.2 Å². The molecule has 4 unspecified atom stereocenters. The predicted octanol–water partition coefficient (Wildman–Crippen LogP) is 3.21. The Morgan fingerprint density at radius 2 is 1.60 bits per heavy atom. The Morgan fingerprint density at radius 3 is 2.20 bits per heavy atom. The van der Waals surface area contributed by atoms with Crippen LogP contribution in [0.15, 0.2) is 0 Å². The first-order valence-corrected chi connectivity index (χ1v) is 8.07. The number of amides is 1. The van der Waals surface area contributed by atoms with E-state index in [-0.39, 0.29) is 12.1 Å². The van der Waals surface area contributed by atoms with Crippen LogP contribution in [-0.2, 0) is 4.74 Å². The first kappa shape index (κ1) is 15.6. The predicted molar refractivity (Wildman–Crippen MR) is 80.7 cm³/mol. The van der Waals surface area contributed by atoms with Crippen molar-refractivity contribution >= 4 is 6.09 Å². The topological polar surface area (TPSA) is 50.4 Å². The summed E-state index contributed by atoms with van der Waals surface area (Å²) in [7, 11) is 0. The first-order valence-electron chi connectivity index (χ1n) is 8.07. The molecule has 1 amide bonds. The Kier molecular flexibility index (Phi) is 4.95. The molecule has 0 aliphatic heterocycles. The van der Waals surface area contributed by atoms with Crippen molar-refractivity contribution < 1.29 is 9.53 Å². The highest BCUT2D eigenvalue weighted by molar-refractivity contribution is 5.68. The number of alkyl carbamates (subject to hydrolysis) is 1. The quantitative estimate of drug-likeness (QED) is 0.835. The number of carbonyl (C=O) groups excluding carboxylic acids is 1. The highest BCUT2D eigenvalue weighted by Crippen LogP contribution is 2.27. The molecule has 116 valence electrons. The molecule has 0 saturated heterocycles. The van der Waals surface area contributed by atoms with Gasteiger partial charge in [0.1, 0.15) is 5.60 Å². The van der Waals surface area contributed by atoms with Crippen molar-refractivity contribution in [1.29, 1.82) is 0 Å². The SMILES string of the molecule is CC1CCC(NC2CCC(NC(=O)OC(C)(C)C)C2)C1. The molecule has 20 heavy (non-hydrogen) atoms. The average Bonchev–Trinajstić information content (AvgIpc) is 2.86. The van der Waals surface area contributed by atoms with E-state index >= 15 is 0 Å². The van der Waals surface area contributed by atoms with Crippen LogP contribution in [0.3, 0.4) is 0 Å². The molecule has 0 radical (unpaired) electrons. The molecular formula is C16H30N2O2. The van der Waals surface area contributed by atoms with Crippen LogP contribution >= 0.6 is 0 Å². The van der Waals surface area contributed by atoms with E-state index in [1.165, 1.54) is 19.3 Å². The van der Waals surface area contributed by atoms with Crippen LogP contribution < -0.4 is 10.6 Å². The normalized spacial score (nSPS) is 34.2. The fourth-order valence-electron chi connectivity index (χ4n) is 3.43. The lowest BCUT2D eigenvalue weighted by atomic mass is 10.1.